The first-order chi connectivity index (χ1) is 11.6. The summed E-state index contributed by atoms with van der Waals surface area (Å²) in [5, 5.41) is 11.0. The zero-order valence-electron chi connectivity index (χ0n) is 13.8. The predicted octanol–water partition coefficient (Wildman–Crippen LogP) is 3.41. The number of aromatic amines is 1. The van der Waals surface area contributed by atoms with Crippen LogP contribution in [-0.2, 0) is 6.54 Å². The Morgan fingerprint density at radius 3 is 2.88 bits per heavy atom. The molecule has 24 heavy (non-hydrogen) atoms. The Morgan fingerprint density at radius 2 is 2.21 bits per heavy atom. The summed E-state index contributed by atoms with van der Waals surface area (Å²) < 4.78 is 23.8. The van der Waals surface area contributed by atoms with E-state index >= 15 is 0 Å². The standard InChI is InChI=1S/C17H19FN4O2/c1-11(15-6-7-24-21-15)22(2)10-13-9-19-20-17(13)12-4-5-16(23-3)14(18)8-12/h4-9,11H,10H2,1-3H3,(H,19,20)/t11-/m0/s1. The highest BCUT2D eigenvalue weighted by Crippen LogP contribution is 2.28. The highest BCUT2D eigenvalue weighted by Gasteiger charge is 2.18. The van der Waals surface area contributed by atoms with Gasteiger partial charge in [-0.15, -0.1) is 0 Å². The second kappa shape index (κ2) is 6.84. The zero-order valence-corrected chi connectivity index (χ0v) is 13.8. The van der Waals surface area contributed by atoms with Crippen molar-refractivity contribution >= 4 is 0 Å². The average molecular weight is 330 g/mol. The predicted molar refractivity (Wildman–Crippen MR) is 86.9 cm³/mol. The lowest BCUT2D eigenvalue weighted by molar-refractivity contribution is 0.241. The molecule has 126 valence electrons. The second-order valence-electron chi connectivity index (χ2n) is 5.63. The number of methoxy groups -OCH3 is 1. The Bertz CT molecular complexity index is 801. The van der Waals surface area contributed by atoms with Gasteiger partial charge in [-0.1, -0.05) is 5.16 Å². The lowest BCUT2D eigenvalue weighted by atomic mass is 10.1. The van der Waals surface area contributed by atoms with Gasteiger partial charge in [0.2, 0.25) is 0 Å². The molecule has 1 aromatic carbocycles. The molecule has 0 unspecified atom stereocenters. The molecule has 0 amide bonds. The summed E-state index contributed by atoms with van der Waals surface area (Å²) in [6.07, 6.45) is 3.31. The summed E-state index contributed by atoms with van der Waals surface area (Å²) in [6.45, 7) is 2.68. The van der Waals surface area contributed by atoms with Crippen LogP contribution in [0.3, 0.4) is 0 Å². The van der Waals surface area contributed by atoms with Crippen molar-refractivity contribution in [2.24, 2.45) is 0 Å². The van der Waals surface area contributed by atoms with Gasteiger partial charge in [0.05, 0.1) is 25.0 Å². The summed E-state index contributed by atoms with van der Waals surface area (Å²) in [5.74, 6) is -0.184. The normalized spacial score (nSPS) is 12.5. The number of aromatic nitrogens is 3. The second-order valence-corrected chi connectivity index (χ2v) is 5.63. The monoisotopic (exact) mass is 330 g/mol. The topological polar surface area (TPSA) is 67.2 Å². The van der Waals surface area contributed by atoms with Crippen LogP contribution in [0, 0.1) is 5.82 Å². The molecule has 0 fully saturated rings. The van der Waals surface area contributed by atoms with Crippen molar-refractivity contribution in [1.82, 2.24) is 20.3 Å². The fourth-order valence-electron chi connectivity index (χ4n) is 2.57. The van der Waals surface area contributed by atoms with E-state index in [1.807, 2.05) is 20.0 Å². The van der Waals surface area contributed by atoms with Crippen molar-refractivity contribution in [2.75, 3.05) is 14.2 Å². The quantitative estimate of drug-likeness (QED) is 0.750. The van der Waals surface area contributed by atoms with Gasteiger partial charge in [0, 0.05) is 23.7 Å². The molecule has 0 bridgehead atoms. The maximum Gasteiger partial charge on any atom is 0.165 e. The van der Waals surface area contributed by atoms with Gasteiger partial charge in [-0.25, -0.2) is 4.39 Å². The van der Waals surface area contributed by atoms with E-state index in [0.29, 0.717) is 6.54 Å². The van der Waals surface area contributed by atoms with Crippen molar-refractivity contribution in [2.45, 2.75) is 19.5 Å². The summed E-state index contributed by atoms with van der Waals surface area (Å²) in [5.41, 5.74) is 3.34. The van der Waals surface area contributed by atoms with Crippen molar-refractivity contribution in [3.63, 3.8) is 0 Å². The summed E-state index contributed by atoms with van der Waals surface area (Å²) in [6, 6.07) is 6.78. The minimum absolute atomic E-state index is 0.0825. The Hall–Kier alpha value is -2.67. The van der Waals surface area contributed by atoms with E-state index in [2.05, 4.69) is 20.3 Å². The fraction of sp³-hybridized carbons (Fsp3) is 0.294. The van der Waals surface area contributed by atoms with Gasteiger partial charge in [-0.3, -0.25) is 10.00 Å². The van der Waals surface area contributed by atoms with Crippen LogP contribution < -0.4 is 4.74 Å². The van der Waals surface area contributed by atoms with Crippen LogP contribution in [0.15, 0.2) is 41.2 Å². The third-order valence-electron chi connectivity index (χ3n) is 4.13. The maximum absolute atomic E-state index is 14.0. The van der Waals surface area contributed by atoms with E-state index in [-0.39, 0.29) is 11.8 Å². The van der Waals surface area contributed by atoms with Crippen LogP contribution in [-0.4, -0.2) is 34.4 Å². The molecular formula is C17H19FN4O2. The van der Waals surface area contributed by atoms with Gasteiger partial charge in [-0.2, -0.15) is 5.10 Å². The third kappa shape index (κ3) is 3.16. The van der Waals surface area contributed by atoms with Gasteiger partial charge in [-0.05, 0) is 32.2 Å². The number of H-pyrrole nitrogens is 1. The van der Waals surface area contributed by atoms with Crippen LogP contribution in [0.1, 0.15) is 24.2 Å². The van der Waals surface area contributed by atoms with Crippen molar-refractivity contribution < 1.29 is 13.7 Å². The minimum atomic E-state index is -0.403. The lowest BCUT2D eigenvalue weighted by Gasteiger charge is -2.22. The largest absolute Gasteiger partial charge is 0.494 e. The smallest absolute Gasteiger partial charge is 0.165 e. The minimum Gasteiger partial charge on any atom is -0.494 e. The van der Waals surface area contributed by atoms with E-state index < -0.39 is 5.82 Å². The molecule has 3 aromatic rings. The van der Waals surface area contributed by atoms with Gasteiger partial charge < -0.3 is 9.26 Å². The average Bonchev–Trinajstić information content (AvgIpc) is 3.25. The number of benzene rings is 1. The van der Waals surface area contributed by atoms with Crippen LogP contribution in [0.4, 0.5) is 4.39 Å². The first-order valence-corrected chi connectivity index (χ1v) is 7.56. The van der Waals surface area contributed by atoms with Crippen LogP contribution in [0.25, 0.3) is 11.3 Å². The molecular weight excluding hydrogens is 311 g/mol. The number of nitrogens with one attached hydrogen (secondary N) is 1. The molecule has 0 aliphatic rings. The summed E-state index contributed by atoms with van der Waals surface area (Å²) in [7, 11) is 3.44. The molecule has 2 heterocycles. The van der Waals surface area contributed by atoms with Crippen LogP contribution in [0.2, 0.25) is 0 Å². The third-order valence-corrected chi connectivity index (χ3v) is 4.13. The van der Waals surface area contributed by atoms with Crippen molar-refractivity contribution in [1.29, 1.82) is 0 Å². The van der Waals surface area contributed by atoms with Gasteiger partial charge in [0.15, 0.2) is 11.6 Å². The number of ether oxygens (including phenoxy) is 1. The van der Waals surface area contributed by atoms with Gasteiger partial charge in [0.1, 0.15) is 12.0 Å². The van der Waals surface area contributed by atoms with Crippen molar-refractivity contribution in [3.05, 3.63) is 53.8 Å². The Morgan fingerprint density at radius 1 is 1.38 bits per heavy atom. The number of nitrogens with zero attached hydrogens (tertiary/aromatic N) is 3. The molecule has 0 aliphatic heterocycles. The molecule has 2 aromatic heterocycles. The van der Waals surface area contributed by atoms with E-state index in [4.69, 9.17) is 9.26 Å². The lowest BCUT2D eigenvalue weighted by Crippen LogP contribution is -2.22. The Kier molecular flexibility index (Phi) is 4.61. The molecule has 0 radical (unpaired) electrons. The van der Waals surface area contributed by atoms with Crippen molar-refractivity contribution in [3.8, 4) is 17.0 Å². The zero-order chi connectivity index (χ0) is 17.1. The Labute approximate surface area is 139 Å². The molecule has 1 N–H and O–H groups in total. The molecule has 0 aliphatic carbocycles. The van der Waals surface area contributed by atoms with E-state index in [1.165, 1.54) is 13.2 Å². The number of hydrogen-bond donors (Lipinski definition) is 1. The number of hydrogen-bond acceptors (Lipinski definition) is 5. The van der Waals surface area contributed by atoms with E-state index in [9.17, 15) is 4.39 Å². The Balaban J connectivity index is 1.81. The summed E-state index contributed by atoms with van der Waals surface area (Å²) >= 11 is 0. The number of rotatable bonds is 6. The molecule has 6 nitrogen and oxygen atoms in total. The van der Waals surface area contributed by atoms with E-state index in [0.717, 1.165) is 22.5 Å². The van der Waals surface area contributed by atoms with Crippen LogP contribution in [0.5, 0.6) is 5.75 Å². The molecule has 1 atom stereocenters. The number of halogens is 1. The van der Waals surface area contributed by atoms with Crippen LogP contribution >= 0.6 is 0 Å². The highest BCUT2D eigenvalue weighted by atomic mass is 19.1. The molecule has 0 saturated carbocycles. The summed E-state index contributed by atoms with van der Waals surface area (Å²) in [4.78, 5) is 2.12. The SMILES string of the molecule is COc1ccc(-c2[nH]ncc2CN(C)[C@@H](C)c2ccon2)cc1F. The molecule has 0 spiro atoms. The molecule has 3 rings (SSSR count). The first kappa shape index (κ1) is 16.2. The fourth-order valence-corrected chi connectivity index (χ4v) is 2.57. The van der Waals surface area contributed by atoms with Gasteiger partial charge in [0.25, 0.3) is 0 Å². The first-order valence-electron chi connectivity index (χ1n) is 7.56. The van der Waals surface area contributed by atoms with Gasteiger partial charge >= 0.3 is 0 Å². The molecule has 7 heteroatoms. The highest BCUT2D eigenvalue weighted by molar-refractivity contribution is 5.63. The molecule has 0 saturated heterocycles. The van der Waals surface area contributed by atoms with E-state index in [1.54, 1.807) is 24.6 Å². The maximum atomic E-state index is 14.0.